The Morgan fingerprint density at radius 3 is 2.67 bits per heavy atom. The summed E-state index contributed by atoms with van der Waals surface area (Å²) < 4.78 is 39.3. The summed E-state index contributed by atoms with van der Waals surface area (Å²) in [6, 6.07) is 3.46. The van der Waals surface area contributed by atoms with E-state index in [2.05, 4.69) is 25.8 Å². The summed E-state index contributed by atoms with van der Waals surface area (Å²) in [7, 11) is 3.83. The zero-order valence-corrected chi connectivity index (χ0v) is 13.8. The molecule has 0 fully saturated rings. The van der Waals surface area contributed by atoms with E-state index in [4.69, 9.17) is 11.6 Å². The summed E-state index contributed by atoms with van der Waals surface area (Å²) in [5.41, 5.74) is -1.04. The predicted molar refractivity (Wildman–Crippen MR) is 86.6 cm³/mol. The Balaban J connectivity index is 2.17. The highest BCUT2D eigenvalue weighted by atomic mass is 35.5. The normalized spacial score (nSPS) is 11.6. The molecule has 0 atom stereocenters. The first-order valence-electron chi connectivity index (χ1n) is 6.98. The fourth-order valence-electron chi connectivity index (χ4n) is 1.83. The first kappa shape index (κ1) is 18.2. The minimum absolute atomic E-state index is 0.000251. The second-order valence-electron chi connectivity index (χ2n) is 5.21. The van der Waals surface area contributed by atoms with Gasteiger partial charge in [-0.1, -0.05) is 11.6 Å². The van der Waals surface area contributed by atoms with Gasteiger partial charge >= 0.3 is 6.18 Å². The molecule has 2 aromatic rings. The lowest BCUT2D eigenvalue weighted by Crippen LogP contribution is -2.21. The Labute approximate surface area is 142 Å². The SMILES string of the molecule is CN(C)CCNc1nncc(Nc2ccc(Cl)cc2C(F)(F)F)n1. The molecule has 0 saturated carbocycles. The van der Waals surface area contributed by atoms with Crippen molar-refractivity contribution in [1.82, 2.24) is 20.1 Å². The molecule has 0 aliphatic rings. The number of alkyl halides is 3. The summed E-state index contributed by atoms with van der Waals surface area (Å²) >= 11 is 5.65. The van der Waals surface area contributed by atoms with Gasteiger partial charge in [0.15, 0.2) is 5.82 Å². The van der Waals surface area contributed by atoms with Gasteiger partial charge in [-0.2, -0.15) is 23.3 Å². The van der Waals surface area contributed by atoms with Crippen molar-refractivity contribution in [2.45, 2.75) is 6.18 Å². The van der Waals surface area contributed by atoms with Crippen LogP contribution < -0.4 is 10.6 Å². The maximum absolute atomic E-state index is 13.1. The zero-order chi connectivity index (χ0) is 17.7. The van der Waals surface area contributed by atoms with Gasteiger partial charge in [-0.3, -0.25) is 0 Å². The second-order valence-corrected chi connectivity index (χ2v) is 5.64. The Morgan fingerprint density at radius 2 is 2.00 bits per heavy atom. The lowest BCUT2D eigenvalue weighted by molar-refractivity contribution is -0.136. The quantitative estimate of drug-likeness (QED) is 0.824. The monoisotopic (exact) mass is 360 g/mol. The molecule has 6 nitrogen and oxygen atoms in total. The molecule has 0 aliphatic heterocycles. The highest BCUT2D eigenvalue weighted by Gasteiger charge is 2.34. The molecular weight excluding hydrogens is 345 g/mol. The van der Waals surface area contributed by atoms with Crippen molar-refractivity contribution in [3.05, 3.63) is 35.0 Å². The van der Waals surface area contributed by atoms with Gasteiger partial charge in [0, 0.05) is 18.1 Å². The number of nitrogens with one attached hydrogen (secondary N) is 2. The van der Waals surface area contributed by atoms with Gasteiger partial charge in [0.25, 0.3) is 0 Å². The van der Waals surface area contributed by atoms with E-state index in [9.17, 15) is 13.2 Å². The molecule has 0 saturated heterocycles. The minimum Gasteiger partial charge on any atom is -0.352 e. The van der Waals surface area contributed by atoms with Crippen LogP contribution in [0, 0.1) is 0 Å². The van der Waals surface area contributed by atoms with Crippen LogP contribution in [0.15, 0.2) is 24.4 Å². The Hall–Kier alpha value is -2.13. The fourth-order valence-corrected chi connectivity index (χ4v) is 2.00. The molecule has 0 spiro atoms. The highest BCUT2D eigenvalue weighted by molar-refractivity contribution is 6.30. The number of rotatable bonds is 6. The van der Waals surface area contributed by atoms with E-state index in [1.165, 1.54) is 18.3 Å². The van der Waals surface area contributed by atoms with E-state index >= 15 is 0 Å². The number of nitrogens with zero attached hydrogens (tertiary/aromatic N) is 4. The lowest BCUT2D eigenvalue weighted by atomic mass is 10.1. The van der Waals surface area contributed by atoms with Crippen molar-refractivity contribution < 1.29 is 13.2 Å². The average molecular weight is 361 g/mol. The van der Waals surface area contributed by atoms with Crippen molar-refractivity contribution in [3.8, 4) is 0 Å². The van der Waals surface area contributed by atoms with Crippen molar-refractivity contribution in [2.24, 2.45) is 0 Å². The minimum atomic E-state index is -4.54. The molecule has 2 rings (SSSR count). The van der Waals surface area contributed by atoms with E-state index in [1.54, 1.807) is 0 Å². The van der Waals surface area contributed by atoms with E-state index < -0.39 is 11.7 Å². The third kappa shape index (κ3) is 5.20. The number of anilines is 3. The Morgan fingerprint density at radius 1 is 1.25 bits per heavy atom. The molecule has 0 unspecified atom stereocenters. The van der Waals surface area contributed by atoms with Crippen LogP contribution >= 0.6 is 11.6 Å². The molecule has 130 valence electrons. The van der Waals surface area contributed by atoms with E-state index in [1.807, 2.05) is 19.0 Å². The molecule has 1 aromatic carbocycles. The van der Waals surface area contributed by atoms with E-state index in [0.717, 1.165) is 12.6 Å². The van der Waals surface area contributed by atoms with Gasteiger partial charge in [-0.15, -0.1) is 5.10 Å². The maximum Gasteiger partial charge on any atom is 0.418 e. The highest BCUT2D eigenvalue weighted by Crippen LogP contribution is 2.37. The molecule has 0 aliphatic carbocycles. The topological polar surface area (TPSA) is 66.0 Å². The van der Waals surface area contributed by atoms with Gasteiger partial charge < -0.3 is 15.5 Å². The second kappa shape index (κ2) is 7.63. The number of benzene rings is 1. The van der Waals surface area contributed by atoms with Crippen LogP contribution in [0.2, 0.25) is 5.02 Å². The van der Waals surface area contributed by atoms with Crippen LogP contribution in [-0.2, 0) is 6.18 Å². The van der Waals surface area contributed by atoms with Crippen LogP contribution in [0.4, 0.5) is 30.6 Å². The van der Waals surface area contributed by atoms with Crippen molar-refractivity contribution in [1.29, 1.82) is 0 Å². The van der Waals surface area contributed by atoms with Gasteiger partial charge in [0.05, 0.1) is 17.4 Å². The number of halogens is 4. The lowest BCUT2D eigenvalue weighted by Gasteiger charge is -2.15. The smallest absolute Gasteiger partial charge is 0.352 e. The molecule has 0 amide bonds. The third-order valence-electron chi connectivity index (χ3n) is 2.95. The summed E-state index contributed by atoms with van der Waals surface area (Å²) in [6.07, 6.45) is -3.30. The standard InChI is InChI=1S/C14H16ClF3N6/c1-24(2)6-5-19-13-22-12(8-20-23-13)21-11-4-3-9(15)7-10(11)14(16,17)18/h3-4,7-8H,5-6H2,1-2H3,(H2,19,21,22,23). The first-order valence-corrected chi connectivity index (χ1v) is 7.35. The summed E-state index contributed by atoms with van der Waals surface area (Å²) in [4.78, 5) is 6.06. The van der Waals surface area contributed by atoms with Gasteiger partial charge in [0.2, 0.25) is 5.95 Å². The molecule has 0 bridgehead atoms. The number of aromatic nitrogens is 3. The third-order valence-corrected chi connectivity index (χ3v) is 3.19. The van der Waals surface area contributed by atoms with Crippen molar-refractivity contribution >= 4 is 29.1 Å². The van der Waals surface area contributed by atoms with Crippen LogP contribution in [0.25, 0.3) is 0 Å². The number of likely N-dealkylation sites (N-methyl/N-ethyl adjacent to an activating group) is 1. The summed E-state index contributed by atoms with van der Waals surface area (Å²) in [5, 5.41) is 13.1. The van der Waals surface area contributed by atoms with Gasteiger partial charge in [-0.05, 0) is 32.3 Å². The molecule has 24 heavy (non-hydrogen) atoms. The van der Waals surface area contributed by atoms with Crippen LogP contribution in [-0.4, -0.2) is 47.3 Å². The van der Waals surface area contributed by atoms with E-state index in [-0.39, 0.29) is 22.5 Å². The van der Waals surface area contributed by atoms with Crippen LogP contribution in [0.5, 0.6) is 0 Å². The molecule has 1 heterocycles. The predicted octanol–water partition coefficient (Wildman–Crippen LogP) is 3.26. The number of hydrogen-bond acceptors (Lipinski definition) is 6. The number of hydrogen-bond donors (Lipinski definition) is 2. The van der Waals surface area contributed by atoms with Crippen molar-refractivity contribution in [2.75, 3.05) is 37.8 Å². The Kier molecular flexibility index (Phi) is 5.79. The van der Waals surface area contributed by atoms with Gasteiger partial charge in [0.1, 0.15) is 0 Å². The maximum atomic E-state index is 13.1. The molecule has 0 radical (unpaired) electrons. The van der Waals surface area contributed by atoms with Gasteiger partial charge in [-0.25, -0.2) is 0 Å². The average Bonchev–Trinajstić information content (AvgIpc) is 2.48. The molecule has 2 N–H and O–H groups in total. The fraction of sp³-hybridized carbons (Fsp3) is 0.357. The zero-order valence-electron chi connectivity index (χ0n) is 13.0. The Bertz CT molecular complexity index is 692. The largest absolute Gasteiger partial charge is 0.418 e. The van der Waals surface area contributed by atoms with Crippen molar-refractivity contribution in [3.63, 3.8) is 0 Å². The molecular formula is C14H16ClF3N6. The van der Waals surface area contributed by atoms with Crippen LogP contribution in [0.3, 0.4) is 0 Å². The summed E-state index contributed by atoms with van der Waals surface area (Å²) in [6.45, 7) is 1.32. The van der Waals surface area contributed by atoms with Crippen LogP contribution in [0.1, 0.15) is 5.56 Å². The first-order chi connectivity index (χ1) is 11.3. The van der Waals surface area contributed by atoms with E-state index in [0.29, 0.717) is 6.54 Å². The summed E-state index contributed by atoms with van der Waals surface area (Å²) in [5.74, 6) is 0.370. The molecule has 1 aromatic heterocycles. The molecule has 10 heteroatoms.